The molecule has 0 aliphatic carbocycles. The first-order valence-corrected chi connectivity index (χ1v) is 10.3. The molecule has 0 saturated heterocycles. The summed E-state index contributed by atoms with van der Waals surface area (Å²) in [7, 11) is 1.62. The van der Waals surface area contributed by atoms with Gasteiger partial charge in [-0.3, -0.25) is 4.79 Å². The predicted octanol–water partition coefficient (Wildman–Crippen LogP) is 4.72. The van der Waals surface area contributed by atoms with Crippen LogP contribution in [0.4, 0.5) is 9.93 Å². The number of nitrogens with zero attached hydrogens (tertiary/aromatic N) is 1. The fourth-order valence-corrected chi connectivity index (χ4v) is 3.45. The van der Waals surface area contributed by atoms with Crippen molar-refractivity contribution in [3.63, 3.8) is 0 Å². The summed E-state index contributed by atoms with van der Waals surface area (Å²) in [5, 5.41) is 6.20. The molecule has 7 nitrogen and oxygen atoms in total. The lowest BCUT2D eigenvalue weighted by Gasteiger charge is -2.19. The summed E-state index contributed by atoms with van der Waals surface area (Å²) < 4.78 is 11.4. The number of hydrogen-bond acceptors (Lipinski definition) is 6. The van der Waals surface area contributed by atoms with Crippen LogP contribution in [0.2, 0.25) is 0 Å². The first-order chi connectivity index (χ1) is 13.3. The zero-order chi connectivity index (χ0) is 20.6. The van der Waals surface area contributed by atoms with E-state index in [-0.39, 0.29) is 12.0 Å². The van der Waals surface area contributed by atoms with Crippen LogP contribution in [0.5, 0.6) is 5.75 Å². The molecule has 0 aliphatic rings. The molecule has 2 rings (SSSR count). The molecule has 1 aromatic carbocycles. The van der Waals surface area contributed by atoms with Gasteiger partial charge in [0.15, 0.2) is 5.13 Å². The van der Waals surface area contributed by atoms with Crippen molar-refractivity contribution in [3.8, 4) is 5.75 Å². The number of ether oxygens (including phenoxy) is 2. The molecule has 2 N–H and O–H groups in total. The highest BCUT2D eigenvalue weighted by Gasteiger charge is 2.15. The number of hydrogen-bond donors (Lipinski definition) is 2. The molecule has 1 aromatic heterocycles. The molecule has 0 fully saturated rings. The number of nitrogens with one attached hydrogen (secondary N) is 2. The number of carbonyl (C=O) groups excluding carboxylic acids is 2. The molecular weight excluding hydrogens is 378 g/mol. The van der Waals surface area contributed by atoms with Crippen LogP contribution in [0.3, 0.4) is 0 Å². The quantitative estimate of drug-likeness (QED) is 0.587. The molecule has 1 heterocycles. The van der Waals surface area contributed by atoms with Gasteiger partial charge in [-0.15, -0.1) is 0 Å². The highest BCUT2D eigenvalue weighted by molar-refractivity contribution is 7.22. The van der Waals surface area contributed by atoms with Crippen LogP contribution in [0, 0.1) is 0 Å². The van der Waals surface area contributed by atoms with Crippen molar-refractivity contribution in [2.45, 2.75) is 58.5 Å². The van der Waals surface area contributed by atoms with Crippen molar-refractivity contribution >= 4 is 38.7 Å². The molecule has 0 atom stereocenters. The lowest BCUT2D eigenvalue weighted by atomic mass is 10.1. The van der Waals surface area contributed by atoms with Gasteiger partial charge in [0.05, 0.1) is 17.3 Å². The van der Waals surface area contributed by atoms with E-state index in [2.05, 4.69) is 15.6 Å². The molecule has 0 radical (unpaired) electrons. The van der Waals surface area contributed by atoms with E-state index in [9.17, 15) is 9.59 Å². The molecule has 0 bridgehead atoms. The van der Waals surface area contributed by atoms with E-state index in [0.29, 0.717) is 18.1 Å². The van der Waals surface area contributed by atoms with E-state index in [1.54, 1.807) is 7.11 Å². The van der Waals surface area contributed by atoms with Gasteiger partial charge >= 0.3 is 6.09 Å². The summed E-state index contributed by atoms with van der Waals surface area (Å²) >= 11 is 1.44. The number of unbranched alkanes of at least 4 members (excludes halogenated alkanes) is 3. The Kier molecular flexibility index (Phi) is 8.04. The summed E-state index contributed by atoms with van der Waals surface area (Å²) in [6, 6.07) is 5.64. The van der Waals surface area contributed by atoms with Gasteiger partial charge in [0.1, 0.15) is 11.4 Å². The normalized spacial score (nSPS) is 11.3. The molecule has 2 aromatic rings. The van der Waals surface area contributed by atoms with Crippen LogP contribution in [-0.4, -0.2) is 36.2 Å². The monoisotopic (exact) mass is 407 g/mol. The Balaban J connectivity index is 1.60. The van der Waals surface area contributed by atoms with Crippen molar-refractivity contribution < 1.29 is 19.1 Å². The van der Waals surface area contributed by atoms with Crippen molar-refractivity contribution in [2.75, 3.05) is 19.0 Å². The number of amides is 2. The Bertz CT molecular complexity index is 798. The van der Waals surface area contributed by atoms with E-state index in [4.69, 9.17) is 9.47 Å². The van der Waals surface area contributed by atoms with Crippen LogP contribution in [-0.2, 0) is 9.53 Å². The second-order valence-corrected chi connectivity index (χ2v) is 8.52. The van der Waals surface area contributed by atoms with Crippen LogP contribution >= 0.6 is 11.3 Å². The highest BCUT2D eigenvalue weighted by Crippen LogP contribution is 2.29. The van der Waals surface area contributed by atoms with Gasteiger partial charge < -0.3 is 20.1 Å². The molecular formula is C20H29N3O4S. The largest absolute Gasteiger partial charge is 0.497 e. The Morgan fingerprint density at radius 2 is 1.89 bits per heavy atom. The lowest BCUT2D eigenvalue weighted by Crippen LogP contribution is -2.32. The topological polar surface area (TPSA) is 89.5 Å². The van der Waals surface area contributed by atoms with Gasteiger partial charge in [0.2, 0.25) is 5.91 Å². The van der Waals surface area contributed by atoms with Gasteiger partial charge in [0.25, 0.3) is 0 Å². The van der Waals surface area contributed by atoms with Crippen molar-refractivity contribution in [2.24, 2.45) is 0 Å². The smallest absolute Gasteiger partial charge is 0.407 e. The zero-order valence-electron chi connectivity index (χ0n) is 17.0. The van der Waals surface area contributed by atoms with E-state index >= 15 is 0 Å². The van der Waals surface area contributed by atoms with E-state index < -0.39 is 5.60 Å². The maximum absolute atomic E-state index is 12.1. The lowest BCUT2D eigenvalue weighted by molar-refractivity contribution is -0.116. The average Bonchev–Trinajstić information content (AvgIpc) is 3.00. The Labute approximate surface area is 169 Å². The molecule has 0 saturated carbocycles. The molecule has 2 amide bonds. The summed E-state index contributed by atoms with van der Waals surface area (Å²) in [4.78, 5) is 28.0. The van der Waals surface area contributed by atoms with E-state index in [1.807, 2.05) is 39.0 Å². The van der Waals surface area contributed by atoms with E-state index in [0.717, 1.165) is 41.6 Å². The SMILES string of the molecule is COc1ccc2nc(NC(=O)CCCCCCNC(=O)OC(C)(C)C)sc2c1. The molecule has 154 valence electrons. The van der Waals surface area contributed by atoms with E-state index in [1.165, 1.54) is 11.3 Å². The minimum atomic E-state index is -0.479. The number of methoxy groups -OCH3 is 1. The number of benzene rings is 1. The first kappa shape index (κ1) is 21.9. The Morgan fingerprint density at radius 3 is 2.61 bits per heavy atom. The van der Waals surface area contributed by atoms with Crippen molar-refractivity contribution in [3.05, 3.63) is 18.2 Å². The minimum absolute atomic E-state index is 0.0297. The number of thiazole rings is 1. The maximum Gasteiger partial charge on any atom is 0.407 e. The molecule has 28 heavy (non-hydrogen) atoms. The molecule has 0 spiro atoms. The molecule has 0 unspecified atom stereocenters. The van der Waals surface area contributed by atoms with Crippen LogP contribution in [0.25, 0.3) is 10.2 Å². The summed E-state index contributed by atoms with van der Waals surface area (Å²) in [6.07, 6.45) is 3.61. The fourth-order valence-electron chi connectivity index (χ4n) is 2.54. The molecule has 8 heteroatoms. The van der Waals surface area contributed by atoms with Crippen LogP contribution < -0.4 is 15.4 Å². The number of alkyl carbamates (subject to hydrolysis) is 1. The maximum atomic E-state index is 12.1. The Hall–Kier alpha value is -2.35. The second-order valence-electron chi connectivity index (χ2n) is 7.49. The minimum Gasteiger partial charge on any atom is -0.497 e. The number of carbonyl (C=O) groups is 2. The average molecular weight is 408 g/mol. The summed E-state index contributed by atoms with van der Waals surface area (Å²) in [6.45, 7) is 6.09. The van der Waals surface area contributed by atoms with Gasteiger partial charge in [0, 0.05) is 13.0 Å². The third-order valence-corrected chi connectivity index (χ3v) is 4.77. The standard InChI is InChI=1S/C20H29N3O4S/c1-20(2,3)27-19(25)21-12-8-6-5-7-9-17(24)23-18-22-15-11-10-14(26-4)13-16(15)28-18/h10-11,13H,5-9,12H2,1-4H3,(H,21,25)(H,22,23,24). The first-order valence-electron chi connectivity index (χ1n) is 9.48. The highest BCUT2D eigenvalue weighted by atomic mass is 32.1. The third kappa shape index (κ3) is 7.72. The van der Waals surface area contributed by atoms with Gasteiger partial charge in [-0.2, -0.15) is 0 Å². The van der Waals surface area contributed by atoms with Crippen LogP contribution in [0.15, 0.2) is 18.2 Å². The van der Waals surface area contributed by atoms with Crippen molar-refractivity contribution in [1.29, 1.82) is 0 Å². The predicted molar refractivity (Wildman–Crippen MR) is 112 cm³/mol. The second kappa shape index (κ2) is 10.3. The zero-order valence-corrected chi connectivity index (χ0v) is 17.8. The van der Waals surface area contributed by atoms with Gasteiger partial charge in [-0.25, -0.2) is 9.78 Å². The number of rotatable bonds is 9. The number of aromatic nitrogens is 1. The molecule has 0 aliphatic heterocycles. The van der Waals surface area contributed by atoms with Gasteiger partial charge in [-0.05, 0) is 51.8 Å². The summed E-state index contributed by atoms with van der Waals surface area (Å²) in [5.41, 5.74) is 0.367. The third-order valence-electron chi connectivity index (χ3n) is 3.84. The number of fused-ring (bicyclic) bond motifs is 1. The van der Waals surface area contributed by atoms with Crippen LogP contribution in [0.1, 0.15) is 52.9 Å². The van der Waals surface area contributed by atoms with Gasteiger partial charge in [-0.1, -0.05) is 24.2 Å². The summed E-state index contributed by atoms with van der Waals surface area (Å²) in [5.74, 6) is 0.744. The Morgan fingerprint density at radius 1 is 1.14 bits per heavy atom. The fraction of sp³-hybridized carbons (Fsp3) is 0.550. The number of anilines is 1. The van der Waals surface area contributed by atoms with Crippen molar-refractivity contribution in [1.82, 2.24) is 10.3 Å².